The van der Waals surface area contributed by atoms with Gasteiger partial charge in [-0.05, 0) is 18.1 Å². The molecular formula is C21H22N2O3. The van der Waals surface area contributed by atoms with Gasteiger partial charge in [0.05, 0.1) is 11.6 Å². The lowest BCUT2D eigenvalue weighted by Crippen LogP contribution is -2.30. The second kappa shape index (κ2) is 7.95. The van der Waals surface area contributed by atoms with E-state index in [0.29, 0.717) is 12.1 Å². The maximum atomic E-state index is 12.7. The third-order valence-electron chi connectivity index (χ3n) is 4.59. The lowest BCUT2D eigenvalue weighted by molar-refractivity contribution is -0.139. The van der Waals surface area contributed by atoms with Gasteiger partial charge in [0.15, 0.2) is 0 Å². The zero-order chi connectivity index (χ0) is 18.5. The molecule has 0 aliphatic carbocycles. The highest BCUT2D eigenvalue weighted by Crippen LogP contribution is 2.39. The first-order chi connectivity index (χ1) is 12.6. The van der Waals surface area contributed by atoms with E-state index in [2.05, 4.69) is 11.9 Å². The topological polar surface area (TPSA) is 70.5 Å². The number of likely N-dealkylation sites (tertiary alicyclic amines) is 1. The molecule has 0 saturated carbocycles. The first kappa shape index (κ1) is 17.9. The van der Waals surface area contributed by atoms with Gasteiger partial charge in [-0.15, -0.1) is 0 Å². The molecule has 2 aromatic rings. The minimum absolute atomic E-state index is 0.130. The number of amides is 1. The molecule has 5 nitrogen and oxygen atoms in total. The van der Waals surface area contributed by atoms with E-state index in [0.717, 1.165) is 24.8 Å². The summed E-state index contributed by atoms with van der Waals surface area (Å²) in [5.74, 6) is -1.35. The molecule has 0 radical (unpaired) electrons. The molecule has 2 heterocycles. The zero-order valence-electron chi connectivity index (χ0n) is 14.8. The van der Waals surface area contributed by atoms with Crippen molar-refractivity contribution in [3.05, 3.63) is 71.6 Å². The van der Waals surface area contributed by atoms with E-state index in [1.54, 1.807) is 47.6 Å². The molecule has 3 rings (SSSR count). The van der Waals surface area contributed by atoms with Gasteiger partial charge in [-0.2, -0.15) is 0 Å². The summed E-state index contributed by atoms with van der Waals surface area (Å²) < 4.78 is 0. The first-order valence-corrected chi connectivity index (χ1v) is 8.89. The van der Waals surface area contributed by atoms with Crippen LogP contribution in [0.3, 0.4) is 0 Å². The number of benzene rings is 1. The van der Waals surface area contributed by atoms with Crippen LogP contribution in [0.2, 0.25) is 0 Å². The number of Topliss-reactive ketones (excluding diaryl/α,β-unsaturated/α-hetero) is 1. The van der Waals surface area contributed by atoms with Crippen LogP contribution in [-0.2, 0) is 9.59 Å². The van der Waals surface area contributed by atoms with Gasteiger partial charge in [-0.1, -0.05) is 56.2 Å². The van der Waals surface area contributed by atoms with Crippen LogP contribution in [0.5, 0.6) is 0 Å². The molecule has 26 heavy (non-hydrogen) atoms. The molecule has 1 amide bonds. The molecule has 1 atom stereocenters. The standard InChI is InChI=1S/C21H22N2O3/c1-2-3-7-13-23-18(16-11-8-12-22-14-16)17(20(25)21(23)26)19(24)15-9-5-4-6-10-15/h4-6,8-12,14,18,24H,2-3,7,13H2,1H3/b19-17-. The number of hydrogen-bond acceptors (Lipinski definition) is 4. The fourth-order valence-corrected chi connectivity index (χ4v) is 3.28. The van der Waals surface area contributed by atoms with Gasteiger partial charge < -0.3 is 10.0 Å². The van der Waals surface area contributed by atoms with Crippen LogP contribution in [0.25, 0.3) is 5.76 Å². The number of ketones is 1. The predicted molar refractivity (Wildman–Crippen MR) is 99.2 cm³/mol. The summed E-state index contributed by atoms with van der Waals surface area (Å²) in [7, 11) is 0. The van der Waals surface area contributed by atoms with Gasteiger partial charge >= 0.3 is 0 Å². The summed E-state index contributed by atoms with van der Waals surface area (Å²) in [6.45, 7) is 2.56. The van der Waals surface area contributed by atoms with E-state index in [1.165, 1.54) is 0 Å². The molecule has 1 aromatic heterocycles. The number of aliphatic hydroxyl groups is 1. The van der Waals surface area contributed by atoms with Crippen molar-refractivity contribution in [3.63, 3.8) is 0 Å². The lowest BCUT2D eigenvalue weighted by Gasteiger charge is -2.25. The van der Waals surface area contributed by atoms with E-state index < -0.39 is 17.7 Å². The summed E-state index contributed by atoms with van der Waals surface area (Å²) in [4.78, 5) is 31.0. The Morgan fingerprint density at radius 3 is 2.54 bits per heavy atom. The molecule has 1 aliphatic heterocycles. The van der Waals surface area contributed by atoms with Crippen molar-refractivity contribution in [1.82, 2.24) is 9.88 Å². The third kappa shape index (κ3) is 3.38. The normalized spacial score (nSPS) is 19.1. The summed E-state index contributed by atoms with van der Waals surface area (Å²) in [6.07, 6.45) is 6.09. The maximum absolute atomic E-state index is 12.7. The van der Waals surface area contributed by atoms with Crippen molar-refractivity contribution in [2.75, 3.05) is 6.54 Å². The van der Waals surface area contributed by atoms with Gasteiger partial charge in [0.2, 0.25) is 0 Å². The highest BCUT2D eigenvalue weighted by molar-refractivity contribution is 6.46. The molecule has 1 N–H and O–H groups in total. The summed E-state index contributed by atoms with van der Waals surface area (Å²) in [5, 5.41) is 10.8. The van der Waals surface area contributed by atoms with Gasteiger partial charge in [-0.25, -0.2) is 0 Å². The van der Waals surface area contributed by atoms with Crippen molar-refractivity contribution in [2.45, 2.75) is 32.2 Å². The lowest BCUT2D eigenvalue weighted by atomic mass is 9.96. The number of unbranched alkanes of at least 4 members (excludes halogenated alkanes) is 2. The van der Waals surface area contributed by atoms with Gasteiger partial charge in [0, 0.05) is 24.5 Å². The number of aromatic nitrogens is 1. The number of aliphatic hydroxyl groups excluding tert-OH is 1. The van der Waals surface area contributed by atoms with Crippen LogP contribution in [0.1, 0.15) is 43.4 Å². The van der Waals surface area contributed by atoms with Gasteiger partial charge in [-0.3, -0.25) is 14.6 Å². The van der Waals surface area contributed by atoms with Crippen LogP contribution < -0.4 is 0 Å². The third-order valence-corrected chi connectivity index (χ3v) is 4.59. The number of hydrogen-bond donors (Lipinski definition) is 1. The second-order valence-electron chi connectivity index (χ2n) is 6.35. The molecule has 5 heteroatoms. The van der Waals surface area contributed by atoms with E-state index >= 15 is 0 Å². The van der Waals surface area contributed by atoms with Crippen molar-refractivity contribution >= 4 is 17.4 Å². The van der Waals surface area contributed by atoms with Crippen LogP contribution in [0.15, 0.2) is 60.4 Å². The van der Waals surface area contributed by atoms with E-state index in [9.17, 15) is 14.7 Å². The van der Waals surface area contributed by atoms with Crippen LogP contribution in [0, 0.1) is 0 Å². The fraction of sp³-hybridized carbons (Fsp3) is 0.286. The number of carbonyl (C=O) groups excluding carboxylic acids is 2. The SMILES string of the molecule is CCCCCN1C(=O)C(=O)/C(=C(\O)c2ccccc2)C1c1cccnc1. The molecular weight excluding hydrogens is 328 g/mol. The number of pyridine rings is 1. The Morgan fingerprint density at radius 2 is 1.88 bits per heavy atom. The molecule has 1 unspecified atom stereocenters. The van der Waals surface area contributed by atoms with Crippen LogP contribution in [0.4, 0.5) is 0 Å². The molecule has 1 aromatic carbocycles. The summed E-state index contributed by atoms with van der Waals surface area (Å²) >= 11 is 0. The monoisotopic (exact) mass is 350 g/mol. The molecule has 0 bridgehead atoms. The Labute approximate surface area is 153 Å². The highest BCUT2D eigenvalue weighted by atomic mass is 16.3. The fourth-order valence-electron chi connectivity index (χ4n) is 3.28. The number of rotatable bonds is 6. The Hall–Kier alpha value is -2.95. The summed E-state index contributed by atoms with van der Waals surface area (Å²) in [6, 6.07) is 11.8. The number of nitrogens with zero attached hydrogens (tertiary/aromatic N) is 2. The molecule has 1 saturated heterocycles. The maximum Gasteiger partial charge on any atom is 0.295 e. The smallest absolute Gasteiger partial charge is 0.295 e. The average molecular weight is 350 g/mol. The minimum atomic E-state index is -0.642. The molecule has 134 valence electrons. The van der Waals surface area contributed by atoms with Crippen molar-refractivity contribution in [2.24, 2.45) is 0 Å². The molecule has 1 fully saturated rings. The minimum Gasteiger partial charge on any atom is -0.507 e. The number of carbonyl (C=O) groups is 2. The van der Waals surface area contributed by atoms with Crippen molar-refractivity contribution in [3.8, 4) is 0 Å². The largest absolute Gasteiger partial charge is 0.507 e. The average Bonchev–Trinajstić information content (AvgIpc) is 2.94. The van der Waals surface area contributed by atoms with Crippen LogP contribution in [-0.4, -0.2) is 33.2 Å². The Kier molecular flexibility index (Phi) is 5.46. The van der Waals surface area contributed by atoms with E-state index in [1.807, 2.05) is 12.1 Å². The molecule has 1 aliphatic rings. The summed E-state index contributed by atoms with van der Waals surface area (Å²) in [5.41, 5.74) is 1.37. The van der Waals surface area contributed by atoms with Crippen LogP contribution >= 0.6 is 0 Å². The van der Waals surface area contributed by atoms with Gasteiger partial charge in [0.25, 0.3) is 11.7 Å². The zero-order valence-corrected chi connectivity index (χ0v) is 14.8. The second-order valence-corrected chi connectivity index (χ2v) is 6.35. The van der Waals surface area contributed by atoms with E-state index in [-0.39, 0.29) is 11.3 Å². The van der Waals surface area contributed by atoms with Crippen molar-refractivity contribution < 1.29 is 14.7 Å². The Morgan fingerprint density at radius 1 is 1.12 bits per heavy atom. The molecule has 0 spiro atoms. The van der Waals surface area contributed by atoms with E-state index in [4.69, 9.17) is 0 Å². The first-order valence-electron chi connectivity index (χ1n) is 8.89. The Bertz CT molecular complexity index is 816. The predicted octanol–water partition coefficient (Wildman–Crippen LogP) is 3.69. The Balaban J connectivity index is 2.09. The highest BCUT2D eigenvalue weighted by Gasteiger charge is 2.45. The van der Waals surface area contributed by atoms with Gasteiger partial charge in [0.1, 0.15) is 5.76 Å². The quantitative estimate of drug-likeness (QED) is 0.373. The van der Waals surface area contributed by atoms with Crippen molar-refractivity contribution in [1.29, 1.82) is 0 Å².